The van der Waals surface area contributed by atoms with Crippen LogP contribution in [-0.4, -0.2) is 31.8 Å². The number of aryl methyl sites for hydroxylation is 1. The van der Waals surface area contributed by atoms with Gasteiger partial charge in [-0.2, -0.15) is 0 Å². The van der Waals surface area contributed by atoms with E-state index < -0.39 is 0 Å². The van der Waals surface area contributed by atoms with Crippen LogP contribution in [0.4, 0.5) is 4.39 Å². The van der Waals surface area contributed by atoms with Gasteiger partial charge < -0.3 is 20.5 Å². The average molecular weight is 424 g/mol. The van der Waals surface area contributed by atoms with Crippen molar-refractivity contribution in [3.63, 3.8) is 0 Å². The summed E-state index contributed by atoms with van der Waals surface area (Å²) < 4.78 is 19.7. The zero-order valence-corrected chi connectivity index (χ0v) is 16.4. The summed E-state index contributed by atoms with van der Waals surface area (Å²) in [7, 11) is 3.26. The summed E-state index contributed by atoms with van der Waals surface area (Å²) in [4.78, 5) is 4.15. The fraction of sp³-hybridized carbons (Fsp3) is 0.316. The zero-order valence-electron chi connectivity index (χ0n) is 14.9. The second kappa shape index (κ2) is 10.0. The number of nitrogens with zero attached hydrogens (tertiary/aromatic N) is 1. The molecule has 2 rings (SSSR count). The normalized spacial score (nSPS) is 11.3. The molecule has 0 spiro atoms. The Balaban J connectivity index is 1.79. The Labute approximate surface area is 161 Å². The van der Waals surface area contributed by atoms with E-state index in [2.05, 4.69) is 31.6 Å². The predicted octanol–water partition coefficient (Wildman–Crippen LogP) is 3.60. The fourth-order valence-corrected chi connectivity index (χ4v) is 2.77. The van der Waals surface area contributed by atoms with Crippen LogP contribution in [0.2, 0.25) is 0 Å². The molecule has 0 atom stereocenters. The Morgan fingerprint density at radius 2 is 2.00 bits per heavy atom. The van der Waals surface area contributed by atoms with Gasteiger partial charge in [0.1, 0.15) is 17.3 Å². The molecule has 3 N–H and O–H groups in total. The van der Waals surface area contributed by atoms with Crippen molar-refractivity contribution in [2.45, 2.75) is 19.4 Å². The molecule has 0 heterocycles. The Kier molecular flexibility index (Phi) is 7.72. The lowest BCUT2D eigenvalue weighted by Crippen LogP contribution is -2.37. The summed E-state index contributed by atoms with van der Waals surface area (Å²) in [5.74, 6) is 1.29. The van der Waals surface area contributed by atoms with Gasteiger partial charge in [-0.25, -0.2) is 4.39 Å². The van der Waals surface area contributed by atoms with E-state index in [0.29, 0.717) is 42.3 Å². The van der Waals surface area contributed by atoms with Gasteiger partial charge in [0.25, 0.3) is 0 Å². The Hall–Kier alpha value is -2.28. The number of rotatable bonds is 7. The van der Waals surface area contributed by atoms with Crippen molar-refractivity contribution in [2.24, 2.45) is 4.99 Å². The van der Waals surface area contributed by atoms with E-state index >= 15 is 0 Å². The van der Waals surface area contributed by atoms with Crippen molar-refractivity contribution in [3.8, 4) is 11.5 Å². The molecule has 0 aliphatic heterocycles. The Morgan fingerprint density at radius 3 is 2.69 bits per heavy atom. The molecular weight excluding hydrogens is 401 g/mol. The monoisotopic (exact) mass is 423 g/mol. The third kappa shape index (κ3) is 5.91. The van der Waals surface area contributed by atoms with Gasteiger partial charge in [-0.3, -0.25) is 4.99 Å². The standard InChI is InChI=1S/C19H23BrFN3O2/c1-22-19(24-12-14-10-16(26-2)7-8-18(14)25)23-9-3-4-13-5-6-15(20)11-17(13)21/h5-8,10-11,25H,3-4,9,12H2,1-2H3,(H2,22,23,24). The first-order chi connectivity index (χ1) is 12.5. The highest BCUT2D eigenvalue weighted by Crippen LogP contribution is 2.22. The van der Waals surface area contributed by atoms with Crippen molar-refractivity contribution in [1.82, 2.24) is 10.6 Å². The fourth-order valence-electron chi connectivity index (χ4n) is 2.44. The van der Waals surface area contributed by atoms with Crippen LogP contribution >= 0.6 is 15.9 Å². The number of phenolic OH excluding ortho intramolecular Hbond substituents is 1. The van der Waals surface area contributed by atoms with Gasteiger partial charge in [0, 0.05) is 30.2 Å². The molecule has 0 saturated carbocycles. The van der Waals surface area contributed by atoms with Gasteiger partial charge in [0.2, 0.25) is 0 Å². The third-order valence-electron chi connectivity index (χ3n) is 3.89. The molecule has 5 nitrogen and oxygen atoms in total. The molecule has 0 fully saturated rings. The molecular formula is C19H23BrFN3O2. The van der Waals surface area contributed by atoms with Gasteiger partial charge in [-0.1, -0.05) is 22.0 Å². The van der Waals surface area contributed by atoms with Gasteiger partial charge in [-0.15, -0.1) is 0 Å². The quantitative estimate of drug-likeness (QED) is 0.361. The van der Waals surface area contributed by atoms with E-state index in [9.17, 15) is 9.50 Å². The van der Waals surface area contributed by atoms with Gasteiger partial charge in [0.05, 0.1) is 7.11 Å². The number of benzene rings is 2. The Bertz CT molecular complexity index is 768. The maximum atomic E-state index is 13.8. The van der Waals surface area contributed by atoms with E-state index in [0.717, 1.165) is 10.9 Å². The highest BCUT2D eigenvalue weighted by Gasteiger charge is 2.06. The number of phenols is 1. The Morgan fingerprint density at radius 1 is 1.19 bits per heavy atom. The van der Waals surface area contributed by atoms with E-state index in [1.54, 1.807) is 38.4 Å². The molecule has 7 heteroatoms. The highest BCUT2D eigenvalue weighted by atomic mass is 79.9. The largest absolute Gasteiger partial charge is 0.508 e. The number of hydrogen-bond acceptors (Lipinski definition) is 3. The van der Waals surface area contributed by atoms with Gasteiger partial charge >= 0.3 is 0 Å². The maximum absolute atomic E-state index is 13.8. The molecule has 2 aromatic rings. The SMILES string of the molecule is CN=C(NCCCc1ccc(Br)cc1F)NCc1cc(OC)ccc1O. The minimum Gasteiger partial charge on any atom is -0.508 e. The number of guanidine groups is 1. The van der Waals surface area contributed by atoms with Crippen LogP contribution < -0.4 is 15.4 Å². The summed E-state index contributed by atoms with van der Waals surface area (Å²) in [6, 6.07) is 10.2. The summed E-state index contributed by atoms with van der Waals surface area (Å²) in [6.07, 6.45) is 1.41. The van der Waals surface area contributed by atoms with Crippen LogP contribution in [0.5, 0.6) is 11.5 Å². The molecule has 0 aliphatic rings. The van der Waals surface area contributed by atoms with Crippen LogP contribution in [0.25, 0.3) is 0 Å². The predicted molar refractivity (Wildman–Crippen MR) is 105 cm³/mol. The van der Waals surface area contributed by atoms with Crippen LogP contribution in [-0.2, 0) is 13.0 Å². The zero-order chi connectivity index (χ0) is 18.9. The minimum absolute atomic E-state index is 0.194. The van der Waals surface area contributed by atoms with Crippen LogP contribution in [0.1, 0.15) is 17.5 Å². The lowest BCUT2D eigenvalue weighted by atomic mass is 10.1. The molecule has 0 aromatic heterocycles. The second-order valence-corrected chi connectivity index (χ2v) is 6.60. The number of halogens is 2. The lowest BCUT2D eigenvalue weighted by Gasteiger charge is -2.13. The van der Waals surface area contributed by atoms with Crippen LogP contribution in [0, 0.1) is 5.82 Å². The van der Waals surface area contributed by atoms with E-state index in [-0.39, 0.29) is 11.6 Å². The molecule has 140 valence electrons. The van der Waals surface area contributed by atoms with Crippen molar-refractivity contribution in [1.29, 1.82) is 0 Å². The number of ether oxygens (including phenoxy) is 1. The summed E-state index contributed by atoms with van der Waals surface area (Å²) in [5.41, 5.74) is 1.41. The molecule has 0 bridgehead atoms. The summed E-state index contributed by atoms with van der Waals surface area (Å²) in [5, 5.41) is 16.2. The average Bonchev–Trinajstić information content (AvgIpc) is 2.63. The summed E-state index contributed by atoms with van der Waals surface area (Å²) >= 11 is 3.26. The smallest absolute Gasteiger partial charge is 0.191 e. The van der Waals surface area contributed by atoms with Crippen molar-refractivity contribution in [3.05, 3.63) is 57.8 Å². The van der Waals surface area contributed by atoms with Crippen molar-refractivity contribution >= 4 is 21.9 Å². The number of hydrogen-bond donors (Lipinski definition) is 3. The van der Waals surface area contributed by atoms with E-state index in [4.69, 9.17) is 4.74 Å². The van der Waals surface area contributed by atoms with Gasteiger partial charge in [-0.05, 0) is 48.7 Å². The van der Waals surface area contributed by atoms with E-state index in [1.807, 2.05) is 6.07 Å². The number of aliphatic imine (C=N–C) groups is 1. The number of methoxy groups -OCH3 is 1. The highest BCUT2D eigenvalue weighted by molar-refractivity contribution is 9.10. The first-order valence-corrected chi connectivity index (χ1v) is 9.07. The molecule has 0 radical (unpaired) electrons. The van der Waals surface area contributed by atoms with Gasteiger partial charge in [0.15, 0.2) is 5.96 Å². The second-order valence-electron chi connectivity index (χ2n) is 5.69. The molecule has 0 unspecified atom stereocenters. The molecule has 0 amide bonds. The molecule has 0 saturated heterocycles. The topological polar surface area (TPSA) is 65.9 Å². The summed E-state index contributed by atoms with van der Waals surface area (Å²) in [6.45, 7) is 1.06. The van der Waals surface area contributed by atoms with Crippen molar-refractivity contribution < 1.29 is 14.2 Å². The van der Waals surface area contributed by atoms with E-state index in [1.165, 1.54) is 6.07 Å². The lowest BCUT2D eigenvalue weighted by molar-refractivity contribution is 0.410. The first kappa shape index (κ1) is 20.0. The molecule has 2 aromatic carbocycles. The van der Waals surface area contributed by atoms with Crippen molar-refractivity contribution in [2.75, 3.05) is 20.7 Å². The number of nitrogens with one attached hydrogen (secondary N) is 2. The molecule has 26 heavy (non-hydrogen) atoms. The first-order valence-electron chi connectivity index (χ1n) is 8.28. The third-order valence-corrected chi connectivity index (χ3v) is 4.38. The number of aromatic hydroxyl groups is 1. The maximum Gasteiger partial charge on any atom is 0.191 e. The minimum atomic E-state index is -0.199. The van der Waals surface area contributed by atoms with Crippen LogP contribution in [0.15, 0.2) is 45.9 Å². The molecule has 0 aliphatic carbocycles. The van der Waals surface area contributed by atoms with Crippen LogP contribution in [0.3, 0.4) is 0 Å².